The van der Waals surface area contributed by atoms with Gasteiger partial charge >= 0.3 is 0 Å². The summed E-state index contributed by atoms with van der Waals surface area (Å²) in [6, 6.07) is 0. The molecular weight excluding hydrogens is 209 g/mol. The first-order chi connectivity index (χ1) is 5.58. The van der Waals surface area contributed by atoms with E-state index in [1.54, 1.807) is 0 Å². The van der Waals surface area contributed by atoms with Crippen LogP contribution >= 0.6 is 26.9 Å². The molecule has 0 rings (SSSR count). The van der Waals surface area contributed by atoms with E-state index in [4.69, 9.17) is 9.05 Å². The topological polar surface area (TPSA) is 18.5 Å². The van der Waals surface area contributed by atoms with Crippen molar-refractivity contribution in [2.75, 3.05) is 0 Å². The van der Waals surface area contributed by atoms with Gasteiger partial charge in [-0.2, -0.15) is 0 Å². The summed E-state index contributed by atoms with van der Waals surface area (Å²) in [6.07, 6.45) is 2.36. The lowest BCUT2D eigenvalue weighted by atomic mass is 9.98. The molecule has 0 saturated heterocycles. The van der Waals surface area contributed by atoms with E-state index in [9.17, 15) is 0 Å². The molecule has 0 aromatic rings. The van der Waals surface area contributed by atoms with Crippen LogP contribution in [0, 0.1) is 0 Å². The van der Waals surface area contributed by atoms with E-state index in [2.05, 4.69) is 25.3 Å². The Labute approximate surface area is 81.8 Å². The highest BCUT2D eigenvalue weighted by Gasteiger charge is 2.29. The van der Waals surface area contributed by atoms with Gasteiger partial charge in [-0.3, -0.25) is 0 Å². The van der Waals surface area contributed by atoms with Crippen LogP contribution in [0.4, 0.5) is 0 Å². The van der Waals surface area contributed by atoms with Crippen molar-refractivity contribution >= 4 is 26.9 Å². The SMILES string of the molecule is CCC[C@H](OPP)C(C)(C)OP. The second kappa shape index (κ2) is 6.63. The molecule has 12 heavy (non-hydrogen) atoms. The molecule has 0 aliphatic heterocycles. The van der Waals surface area contributed by atoms with Crippen LogP contribution in [0.2, 0.25) is 0 Å². The van der Waals surface area contributed by atoms with Gasteiger partial charge in [0.1, 0.15) is 0 Å². The minimum atomic E-state index is -0.204. The minimum absolute atomic E-state index is 0.191. The van der Waals surface area contributed by atoms with Crippen LogP contribution in [-0.4, -0.2) is 11.7 Å². The van der Waals surface area contributed by atoms with Crippen molar-refractivity contribution in [3.8, 4) is 0 Å². The van der Waals surface area contributed by atoms with Gasteiger partial charge in [0.2, 0.25) is 0 Å². The summed E-state index contributed by atoms with van der Waals surface area (Å²) in [6.45, 7) is 6.25. The number of rotatable bonds is 6. The molecule has 5 heteroatoms. The van der Waals surface area contributed by atoms with Crippen LogP contribution in [0.1, 0.15) is 33.6 Å². The minimum Gasteiger partial charge on any atom is -0.357 e. The summed E-state index contributed by atoms with van der Waals surface area (Å²) in [7, 11) is 5.36. The predicted octanol–water partition coefficient (Wildman–Crippen LogP) is 3.14. The van der Waals surface area contributed by atoms with E-state index in [1.165, 1.54) is 0 Å². The third-order valence-corrected chi connectivity index (χ3v) is 3.28. The van der Waals surface area contributed by atoms with Crippen LogP contribution in [-0.2, 0) is 9.05 Å². The molecule has 0 amide bonds. The zero-order valence-electron chi connectivity index (χ0n) is 7.96. The molecule has 0 heterocycles. The molecule has 0 aromatic carbocycles. The van der Waals surface area contributed by atoms with Gasteiger partial charge in [-0.05, 0) is 20.3 Å². The highest BCUT2D eigenvalue weighted by atomic mass is 32.0. The molecule has 0 bridgehead atoms. The molecule has 0 aliphatic rings. The second-order valence-electron chi connectivity index (χ2n) is 3.23. The Hall–Kier alpha value is 1.21. The van der Waals surface area contributed by atoms with Crippen LogP contribution in [0.5, 0.6) is 0 Å². The summed E-state index contributed by atoms with van der Waals surface area (Å²) in [5, 5.41) is 0. The van der Waals surface area contributed by atoms with E-state index in [0.717, 1.165) is 12.8 Å². The largest absolute Gasteiger partial charge is 0.357 e. The molecule has 0 fully saturated rings. The molecule has 0 spiro atoms. The molecule has 74 valence electrons. The van der Waals surface area contributed by atoms with E-state index >= 15 is 0 Å². The van der Waals surface area contributed by atoms with Gasteiger partial charge in [-0.15, -0.1) is 0 Å². The first-order valence-corrected chi connectivity index (χ1v) is 7.26. The van der Waals surface area contributed by atoms with E-state index < -0.39 is 0 Å². The maximum Gasteiger partial charge on any atom is 0.0925 e. The predicted molar refractivity (Wildman–Crippen MR) is 62.7 cm³/mol. The van der Waals surface area contributed by atoms with Crippen molar-refractivity contribution in [2.24, 2.45) is 0 Å². The van der Waals surface area contributed by atoms with Crippen molar-refractivity contribution < 1.29 is 9.05 Å². The Kier molecular flexibility index (Phi) is 7.30. The van der Waals surface area contributed by atoms with E-state index in [-0.39, 0.29) is 11.7 Å². The van der Waals surface area contributed by atoms with E-state index in [1.807, 2.05) is 13.8 Å². The quantitative estimate of drug-likeness (QED) is 0.650. The molecule has 0 radical (unpaired) electrons. The normalized spacial score (nSPS) is 15.8. The van der Waals surface area contributed by atoms with Crippen molar-refractivity contribution in [2.45, 2.75) is 45.3 Å². The highest BCUT2D eigenvalue weighted by Crippen LogP contribution is 2.33. The third kappa shape index (κ3) is 4.45. The van der Waals surface area contributed by atoms with Crippen LogP contribution in [0.15, 0.2) is 0 Å². The van der Waals surface area contributed by atoms with Crippen molar-refractivity contribution in [3.63, 3.8) is 0 Å². The van der Waals surface area contributed by atoms with Gasteiger partial charge in [-0.25, -0.2) is 0 Å². The highest BCUT2D eigenvalue weighted by molar-refractivity contribution is 8.00. The Morgan fingerprint density at radius 2 is 2.08 bits per heavy atom. The van der Waals surface area contributed by atoms with Gasteiger partial charge in [0.05, 0.1) is 11.7 Å². The van der Waals surface area contributed by atoms with Crippen molar-refractivity contribution in [1.82, 2.24) is 0 Å². The first kappa shape index (κ1) is 13.2. The standard InChI is InChI=1S/C7H19O2P3/c1-4-5-6(8-12-11)7(2,3)9-10/h6,12H,4-5,10-11H2,1-3H3/t6-/m0/s1. The summed E-state index contributed by atoms with van der Waals surface area (Å²) >= 11 is 0. The first-order valence-electron chi connectivity index (χ1n) is 4.07. The van der Waals surface area contributed by atoms with Gasteiger partial charge in [-0.1, -0.05) is 22.3 Å². The second-order valence-corrected chi connectivity index (χ2v) is 4.65. The fraction of sp³-hybridized carbons (Fsp3) is 1.00. The average Bonchev–Trinajstić information content (AvgIpc) is 2.04. The van der Waals surface area contributed by atoms with Crippen LogP contribution < -0.4 is 0 Å². The average molecular weight is 228 g/mol. The zero-order valence-corrected chi connectivity index (χ0v) is 11.3. The molecule has 0 aliphatic carbocycles. The maximum absolute atomic E-state index is 5.59. The number of hydrogen-bond donors (Lipinski definition) is 0. The lowest BCUT2D eigenvalue weighted by Crippen LogP contribution is -2.37. The smallest absolute Gasteiger partial charge is 0.0925 e. The third-order valence-electron chi connectivity index (χ3n) is 1.84. The molecule has 0 N–H and O–H groups in total. The fourth-order valence-electron chi connectivity index (χ4n) is 0.969. The Morgan fingerprint density at radius 1 is 1.50 bits per heavy atom. The summed E-state index contributed by atoms with van der Waals surface area (Å²) < 4.78 is 10.9. The lowest BCUT2D eigenvalue weighted by Gasteiger charge is -2.32. The zero-order chi connectivity index (χ0) is 9.61. The van der Waals surface area contributed by atoms with E-state index in [0.29, 0.717) is 8.50 Å². The number of hydrogen-bond acceptors (Lipinski definition) is 2. The van der Waals surface area contributed by atoms with Gasteiger partial charge in [0, 0.05) is 18.0 Å². The fourth-order valence-corrected chi connectivity index (χ4v) is 2.18. The summed E-state index contributed by atoms with van der Waals surface area (Å²) in [4.78, 5) is 0. The molecule has 0 saturated carbocycles. The Morgan fingerprint density at radius 3 is 2.42 bits per heavy atom. The van der Waals surface area contributed by atoms with Crippen LogP contribution in [0.25, 0.3) is 0 Å². The summed E-state index contributed by atoms with van der Waals surface area (Å²) in [5.74, 6) is 0. The molecule has 0 aromatic heterocycles. The lowest BCUT2D eigenvalue weighted by molar-refractivity contribution is 0.00446. The molecule has 4 atom stereocenters. The van der Waals surface area contributed by atoms with Crippen molar-refractivity contribution in [3.05, 3.63) is 0 Å². The Bertz CT molecular complexity index is 113. The summed E-state index contributed by atoms with van der Waals surface area (Å²) in [5.41, 5.74) is -0.204. The van der Waals surface area contributed by atoms with Gasteiger partial charge < -0.3 is 9.05 Å². The molecular formula is C7H19O2P3. The van der Waals surface area contributed by atoms with Gasteiger partial charge in [0.15, 0.2) is 0 Å². The monoisotopic (exact) mass is 228 g/mol. The Balaban J connectivity index is 4.07. The van der Waals surface area contributed by atoms with Gasteiger partial charge in [0.25, 0.3) is 0 Å². The maximum atomic E-state index is 5.59. The van der Waals surface area contributed by atoms with Crippen LogP contribution in [0.3, 0.4) is 0 Å². The van der Waals surface area contributed by atoms with Crippen molar-refractivity contribution in [1.29, 1.82) is 0 Å². The molecule has 2 nitrogen and oxygen atoms in total. The molecule has 3 unspecified atom stereocenters.